The molecular weight excluding hydrogens is 374 g/mol. The van der Waals surface area contributed by atoms with Crippen LogP contribution in [0.25, 0.3) is 0 Å². The lowest BCUT2D eigenvalue weighted by Gasteiger charge is -2.31. The molecular formula is C21H31N3O5. The first-order valence-corrected chi connectivity index (χ1v) is 9.96. The van der Waals surface area contributed by atoms with Gasteiger partial charge in [-0.2, -0.15) is 0 Å². The van der Waals surface area contributed by atoms with Crippen LogP contribution in [0.4, 0.5) is 5.69 Å². The molecule has 2 aliphatic heterocycles. The normalized spacial score (nSPS) is 18.1. The Labute approximate surface area is 172 Å². The zero-order valence-electron chi connectivity index (χ0n) is 17.9. The zero-order valence-corrected chi connectivity index (χ0v) is 17.9. The van der Waals surface area contributed by atoms with E-state index in [4.69, 9.17) is 14.2 Å². The van der Waals surface area contributed by atoms with Gasteiger partial charge in [0.25, 0.3) is 0 Å². The standard InChI is InChI=1S/C21H31N3O5/c1-21(2,3)20(25)28-14-23-12-17-18(24(26)13-23)10-16(27-5)11-19(17)29-15-6-8-22(4)9-7-15/h10-11,13,15H,6-9,12,14H2,1-5H3. The zero-order chi connectivity index (χ0) is 21.2. The second-order valence-electron chi connectivity index (χ2n) is 8.74. The number of carbonyl (C=O) groups excluding carboxylic acids is 1. The van der Waals surface area contributed by atoms with E-state index >= 15 is 0 Å². The van der Waals surface area contributed by atoms with Crippen LogP contribution in [0.2, 0.25) is 0 Å². The van der Waals surface area contributed by atoms with E-state index in [9.17, 15) is 10.0 Å². The van der Waals surface area contributed by atoms with E-state index in [1.54, 1.807) is 38.8 Å². The lowest BCUT2D eigenvalue weighted by Crippen LogP contribution is -2.37. The molecule has 0 N–H and O–H groups in total. The monoisotopic (exact) mass is 405 g/mol. The van der Waals surface area contributed by atoms with Crippen molar-refractivity contribution in [1.82, 2.24) is 9.80 Å². The molecule has 8 heteroatoms. The molecule has 1 fully saturated rings. The number of rotatable bonds is 5. The van der Waals surface area contributed by atoms with Crippen LogP contribution in [0.5, 0.6) is 11.5 Å². The average molecular weight is 405 g/mol. The SMILES string of the molecule is COc1cc(OC2CCN(C)CC2)c2c(c1)[N+]([O-])=CN(COC(=O)C(C)(C)C)C2. The van der Waals surface area contributed by atoms with Crippen LogP contribution in [-0.2, 0) is 16.1 Å². The van der Waals surface area contributed by atoms with Crippen molar-refractivity contribution in [2.45, 2.75) is 46.3 Å². The Bertz CT molecular complexity index is 779. The summed E-state index contributed by atoms with van der Waals surface area (Å²) in [5.74, 6) is 0.912. The summed E-state index contributed by atoms with van der Waals surface area (Å²) in [6, 6.07) is 3.54. The molecule has 0 unspecified atom stereocenters. The summed E-state index contributed by atoms with van der Waals surface area (Å²) < 4.78 is 17.8. The predicted molar refractivity (Wildman–Crippen MR) is 109 cm³/mol. The summed E-state index contributed by atoms with van der Waals surface area (Å²) in [6.45, 7) is 7.77. The van der Waals surface area contributed by atoms with Crippen LogP contribution in [0, 0.1) is 10.6 Å². The molecule has 0 saturated carbocycles. The molecule has 160 valence electrons. The largest absolute Gasteiger partial charge is 0.711 e. The Morgan fingerprint density at radius 2 is 1.97 bits per heavy atom. The van der Waals surface area contributed by atoms with Gasteiger partial charge in [0, 0.05) is 25.2 Å². The first-order chi connectivity index (χ1) is 13.7. The van der Waals surface area contributed by atoms with Crippen LogP contribution in [-0.4, -0.2) is 66.9 Å². The summed E-state index contributed by atoms with van der Waals surface area (Å²) in [7, 11) is 3.67. The molecule has 0 atom stereocenters. The molecule has 1 aromatic rings. The van der Waals surface area contributed by atoms with Gasteiger partial charge >= 0.3 is 5.97 Å². The minimum Gasteiger partial charge on any atom is -0.711 e. The van der Waals surface area contributed by atoms with Crippen molar-refractivity contribution in [3.63, 3.8) is 0 Å². The molecule has 2 aliphatic rings. The van der Waals surface area contributed by atoms with Crippen molar-refractivity contribution in [1.29, 1.82) is 0 Å². The number of nitrogens with zero attached hydrogens (tertiary/aromatic N) is 3. The number of fused-ring (bicyclic) bond motifs is 1. The van der Waals surface area contributed by atoms with Crippen LogP contribution >= 0.6 is 0 Å². The van der Waals surface area contributed by atoms with E-state index in [1.807, 2.05) is 6.07 Å². The molecule has 2 heterocycles. The van der Waals surface area contributed by atoms with Crippen molar-refractivity contribution < 1.29 is 23.7 Å². The van der Waals surface area contributed by atoms with Gasteiger partial charge < -0.3 is 24.3 Å². The molecule has 0 aromatic heterocycles. The average Bonchev–Trinajstić information content (AvgIpc) is 2.67. The Balaban J connectivity index is 1.79. The number of hydrogen-bond acceptors (Lipinski definition) is 7. The maximum Gasteiger partial charge on any atom is 0.314 e. The number of hydrogen-bond donors (Lipinski definition) is 0. The molecule has 1 aromatic carbocycles. The number of benzene rings is 1. The summed E-state index contributed by atoms with van der Waals surface area (Å²) >= 11 is 0. The highest BCUT2D eigenvalue weighted by Gasteiger charge is 2.30. The number of esters is 1. The molecule has 0 bridgehead atoms. The number of methoxy groups -OCH3 is 1. The third-order valence-corrected chi connectivity index (χ3v) is 5.19. The van der Waals surface area contributed by atoms with Gasteiger partial charge in [-0.25, -0.2) is 9.64 Å². The maximum absolute atomic E-state index is 12.7. The van der Waals surface area contributed by atoms with E-state index in [0.29, 0.717) is 23.7 Å². The molecule has 3 rings (SSSR count). The third kappa shape index (κ3) is 5.12. The van der Waals surface area contributed by atoms with Crippen LogP contribution < -0.4 is 9.47 Å². The van der Waals surface area contributed by atoms with Crippen molar-refractivity contribution in [3.8, 4) is 11.5 Å². The van der Waals surface area contributed by atoms with E-state index < -0.39 is 5.41 Å². The first kappa shape index (κ1) is 21.2. The Hall–Kier alpha value is -2.48. The fraction of sp³-hybridized carbons (Fsp3) is 0.619. The van der Waals surface area contributed by atoms with Gasteiger partial charge in [-0.1, -0.05) is 0 Å². The van der Waals surface area contributed by atoms with Crippen molar-refractivity contribution in [2.24, 2.45) is 5.41 Å². The number of ether oxygens (including phenoxy) is 3. The van der Waals surface area contributed by atoms with Gasteiger partial charge in [0.15, 0.2) is 0 Å². The molecule has 1 saturated heterocycles. The molecule has 0 aliphatic carbocycles. The second-order valence-corrected chi connectivity index (χ2v) is 8.74. The number of carbonyl (C=O) groups is 1. The summed E-state index contributed by atoms with van der Waals surface area (Å²) in [5.41, 5.74) is 0.667. The molecule has 0 spiro atoms. The van der Waals surface area contributed by atoms with Gasteiger partial charge in [0.05, 0.1) is 18.1 Å². The van der Waals surface area contributed by atoms with Gasteiger partial charge in [-0.15, -0.1) is 0 Å². The van der Waals surface area contributed by atoms with E-state index in [0.717, 1.165) is 36.2 Å². The molecule has 0 radical (unpaired) electrons. The Kier molecular flexibility index (Phi) is 6.21. The topological polar surface area (TPSA) is 77.3 Å². The summed E-state index contributed by atoms with van der Waals surface area (Å²) in [6.07, 6.45) is 3.36. The van der Waals surface area contributed by atoms with Gasteiger partial charge in [-0.3, -0.25) is 4.79 Å². The highest BCUT2D eigenvalue weighted by atomic mass is 16.5. The summed E-state index contributed by atoms with van der Waals surface area (Å²) in [4.78, 5) is 16.0. The maximum atomic E-state index is 12.7. The third-order valence-electron chi connectivity index (χ3n) is 5.19. The molecule has 0 amide bonds. The van der Waals surface area contributed by atoms with Crippen LogP contribution in [0.15, 0.2) is 12.1 Å². The predicted octanol–water partition coefficient (Wildman–Crippen LogP) is 2.70. The fourth-order valence-electron chi connectivity index (χ4n) is 3.36. The smallest absolute Gasteiger partial charge is 0.314 e. The Morgan fingerprint density at radius 3 is 2.59 bits per heavy atom. The van der Waals surface area contributed by atoms with Crippen molar-refractivity contribution in [2.75, 3.05) is 34.0 Å². The van der Waals surface area contributed by atoms with E-state index in [1.165, 1.54) is 6.34 Å². The van der Waals surface area contributed by atoms with E-state index in [-0.39, 0.29) is 18.8 Å². The minimum atomic E-state index is -0.597. The Morgan fingerprint density at radius 1 is 1.28 bits per heavy atom. The van der Waals surface area contributed by atoms with Crippen LogP contribution in [0.1, 0.15) is 39.2 Å². The summed E-state index contributed by atoms with van der Waals surface area (Å²) in [5, 5.41) is 12.7. The highest BCUT2D eigenvalue weighted by Crippen LogP contribution is 2.37. The molecule has 29 heavy (non-hydrogen) atoms. The molecule has 8 nitrogen and oxygen atoms in total. The quantitative estimate of drug-likeness (QED) is 0.423. The van der Waals surface area contributed by atoms with Gasteiger partial charge in [-0.05, 0) is 40.7 Å². The van der Waals surface area contributed by atoms with E-state index in [2.05, 4.69) is 11.9 Å². The van der Waals surface area contributed by atoms with Crippen molar-refractivity contribution >= 4 is 18.0 Å². The second kappa shape index (κ2) is 8.49. The van der Waals surface area contributed by atoms with Crippen LogP contribution in [0.3, 0.4) is 0 Å². The lowest BCUT2D eigenvalue weighted by molar-refractivity contribution is -0.367. The lowest BCUT2D eigenvalue weighted by atomic mass is 9.98. The highest BCUT2D eigenvalue weighted by molar-refractivity contribution is 5.75. The number of piperidine rings is 1. The first-order valence-electron chi connectivity index (χ1n) is 9.96. The fourth-order valence-corrected chi connectivity index (χ4v) is 3.36. The van der Waals surface area contributed by atoms with Gasteiger partial charge in [0.1, 0.15) is 29.8 Å². The minimum absolute atomic E-state index is 0.00791. The number of likely N-dealkylation sites (tertiary alicyclic amines) is 1. The van der Waals surface area contributed by atoms with Crippen molar-refractivity contribution in [3.05, 3.63) is 22.9 Å². The van der Waals surface area contributed by atoms with Gasteiger partial charge in [0.2, 0.25) is 13.1 Å².